The summed E-state index contributed by atoms with van der Waals surface area (Å²) in [6.45, 7) is 6.56. The summed E-state index contributed by atoms with van der Waals surface area (Å²) in [5.41, 5.74) is 2.25. The Labute approximate surface area is 150 Å². The van der Waals surface area contributed by atoms with Crippen LogP contribution in [0, 0.1) is 0 Å². The lowest BCUT2D eigenvalue weighted by molar-refractivity contribution is -0.121. The normalized spacial score (nSPS) is 15.8. The number of carbonyl (C=O) groups is 1. The maximum atomic E-state index is 11.6. The second kappa shape index (κ2) is 9.19. The molecule has 0 amide bonds. The predicted molar refractivity (Wildman–Crippen MR) is 103 cm³/mol. The number of benzene rings is 2. The lowest BCUT2D eigenvalue weighted by atomic mass is 9.76. The highest BCUT2D eigenvalue weighted by molar-refractivity contribution is 5.79. The van der Waals surface area contributed by atoms with Gasteiger partial charge in [-0.15, -0.1) is 13.2 Å². The quantitative estimate of drug-likeness (QED) is 0.809. The Morgan fingerprint density at radius 3 is 2.36 bits per heavy atom. The first-order valence-corrected chi connectivity index (χ1v) is 8.70. The average molecular weight is 337 g/mol. The molecule has 2 aromatic rings. The highest BCUT2D eigenvalue weighted by Crippen LogP contribution is 2.36. The zero-order valence-electron chi connectivity index (χ0n) is 15.0. The topological polar surface area (TPSA) is 38.3 Å². The van der Waals surface area contributed by atoms with Crippen LogP contribution in [0.3, 0.4) is 0 Å². The molecule has 132 valence electrons. The van der Waals surface area contributed by atoms with Gasteiger partial charge < -0.3 is 10.1 Å². The van der Waals surface area contributed by atoms with E-state index in [0.717, 1.165) is 24.2 Å². The van der Waals surface area contributed by atoms with Crippen molar-refractivity contribution < 1.29 is 9.53 Å². The van der Waals surface area contributed by atoms with Crippen molar-refractivity contribution in [3.05, 3.63) is 78.9 Å². The van der Waals surface area contributed by atoms with Crippen molar-refractivity contribution in [3.63, 3.8) is 0 Å². The van der Waals surface area contributed by atoms with Gasteiger partial charge in [0.05, 0.1) is 0 Å². The van der Waals surface area contributed by atoms with E-state index in [1.807, 2.05) is 37.4 Å². The lowest BCUT2D eigenvalue weighted by Crippen LogP contribution is -2.43. The fourth-order valence-corrected chi connectivity index (χ4v) is 3.26. The van der Waals surface area contributed by atoms with Gasteiger partial charge in [-0.25, -0.2) is 0 Å². The number of hydrogen-bond donors (Lipinski definition) is 1. The minimum atomic E-state index is -0.111. The molecule has 25 heavy (non-hydrogen) atoms. The van der Waals surface area contributed by atoms with Gasteiger partial charge in [0.1, 0.15) is 18.1 Å². The second-order valence-electron chi connectivity index (χ2n) is 6.17. The van der Waals surface area contributed by atoms with Crippen LogP contribution >= 0.6 is 0 Å². The molecule has 1 N–H and O–H groups in total. The Morgan fingerprint density at radius 2 is 1.72 bits per heavy atom. The number of carbonyl (C=O) groups excluding carboxylic acids is 1. The van der Waals surface area contributed by atoms with Gasteiger partial charge in [-0.3, -0.25) is 4.79 Å². The van der Waals surface area contributed by atoms with Crippen molar-refractivity contribution in [1.29, 1.82) is 0 Å². The molecular weight excluding hydrogens is 310 g/mol. The first-order chi connectivity index (χ1) is 12.2. The maximum Gasteiger partial charge on any atom is 0.133 e. The highest BCUT2D eigenvalue weighted by atomic mass is 16.5. The summed E-state index contributed by atoms with van der Waals surface area (Å²) in [6, 6.07) is 18.4. The third kappa shape index (κ3) is 4.80. The van der Waals surface area contributed by atoms with E-state index >= 15 is 0 Å². The van der Waals surface area contributed by atoms with Crippen molar-refractivity contribution in [2.75, 3.05) is 7.05 Å². The first kappa shape index (κ1) is 18.9. The number of ether oxygens (including phenoxy) is 1. The predicted octanol–water partition coefficient (Wildman–Crippen LogP) is 4.63. The van der Waals surface area contributed by atoms with Gasteiger partial charge in [-0.2, -0.15) is 0 Å². The molecule has 0 aliphatic heterocycles. The van der Waals surface area contributed by atoms with Gasteiger partial charge in [0.25, 0.3) is 0 Å². The van der Waals surface area contributed by atoms with Gasteiger partial charge in [-0.05, 0) is 43.1 Å². The van der Waals surface area contributed by atoms with E-state index < -0.39 is 0 Å². The number of rotatable bonds is 5. The average Bonchev–Trinajstić information content (AvgIpc) is 2.70. The molecule has 1 aliphatic rings. The van der Waals surface area contributed by atoms with Crippen molar-refractivity contribution in [2.24, 2.45) is 0 Å². The van der Waals surface area contributed by atoms with Crippen molar-refractivity contribution in [3.8, 4) is 5.75 Å². The smallest absolute Gasteiger partial charge is 0.133 e. The second-order valence-corrected chi connectivity index (χ2v) is 6.17. The van der Waals surface area contributed by atoms with Gasteiger partial charge >= 0.3 is 0 Å². The van der Waals surface area contributed by atoms with Gasteiger partial charge in [0, 0.05) is 18.4 Å². The molecule has 0 atom stereocenters. The molecule has 0 spiro atoms. The summed E-state index contributed by atoms with van der Waals surface area (Å²) in [7, 11) is 1.98. The third-order valence-electron chi connectivity index (χ3n) is 4.77. The van der Waals surface area contributed by atoms with E-state index in [0.29, 0.717) is 25.2 Å². The molecule has 1 aliphatic carbocycles. The summed E-state index contributed by atoms with van der Waals surface area (Å²) in [4.78, 5) is 11.6. The zero-order valence-corrected chi connectivity index (χ0v) is 15.0. The molecule has 0 aromatic heterocycles. The van der Waals surface area contributed by atoms with Crippen LogP contribution < -0.4 is 10.1 Å². The number of ketones is 1. The van der Waals surface area contributed by atoms with E-state index in [2.05, 4.69) is 42.7 Å². The Kier molecular flexibility index (Phi) is 6.96. The summed E-state index contributed by atoms with van der Waals surface area (Å²) < 4.78 is 5.94. The largest absolute Gasteiger partial charge is 0.489 e. The van der Waals surface area contributed by atoms with Crippen LogP contribution in [0.2, 0.25) is 0 Å². The molecule has 0 unspecified atom stereocenters. The number of hydrogen-bond acceptors (Lipinski definition) is 3. The van der Waals surface area contributed by atoms with E-state index in [1.54, 1.807) is 0 Å². The Hall–Kier alpha value is -2.39. The molecule has 2 aromatic carbocycles. The molecule has 3 heteroatoms. The zero-order chi connectivity index (χ0) is 18.1. The van der Waals surface area contributed by atoms with E-state index in [1.165, 1.54) is 5.56 Å². The van der Waals surface area contributed by atoms with Crippen LogP contribution in [0.5, 0.6) is 5.75 Å². The lowest BCUT2D eigenvalue weighted by Gasteiger charge is -2.37. The van der Waals surface area contributed by atoms with Crippen LogP contribution in [0.15, 0.2) is 67.8 Å². The van der Waals surface area contributed by atoms with Gasteiger partial charge in [-0.1, -0.05) is 42.5 Å². The van der Waals surface area contributed by atoms with E-state index in [4.69, 9.17) is 4.74 Å². The molecular formula is C22H27NO2. The minimum Gasteiger partial charge on any atom is -0.489 e. The maximum absolute atomic E-state index is 11.6. The summed E-state index contributed by atoms with van der Waals surface area (Å²) in [6.07, 6.45) is 3.00. The van der Waals surface area contributed by atoms with Crippen LogP contribution in [0.4, 0.5) is 0 Å². The third-order valence-corrected chi connectivity index (χ3v) is 4.77. The van der Waals surface area contributed by atoms with E-state index in [-0.39, 0.29) is 5.54 Å². The van der Waals surface area contributed by atoms with E-state index in [9.17, 15) is 4.79 Å². The monoisotopic (exact) mass is 337 g/mol. The molecule has 1 saturated carbocycles. The fourth-order valence-electron chi connectivity index (χ4n) is 3.26. The summed E-state index contributed by atoms with van der Waals surface area (Å²) in [5, 5.41) is 3.45. The highest BCUT2D eigenvalue weighted by Gasteiger charge is 2.34. The minimum absolute atomic E-state index is 0.111. The summed E-state index contributed by atoms with van der Waals surface area (Å²) in [5.74, 6) is 1.24. The first-order valence-electron chi connectivity index (χ1n) is 8.70. The molecule has 0 saturated heterocycles. The van der Waals surface area contributed by atoms with Crippen molar-refractivity contribution in [2.45, 2.75) is 37.8 Å². The van der Waals surface area contributed by atoms with Gasteiger partial charge in [0.2, 0.25) is 0 Å². The molecule has 1 fully saturated rings. The van der Waals surface area contributed by atoms with Gasteiger partial charge in [0.15, 0.2) is 0 Å². The Bertz CT molecular complexity index is 671. The SMILES string of the molecule is C=C.CNC1(c2cccc(OCc3ccccc3)c2)CCC(=O)CC1. The number of Topliss-reactive ketones (excluding diaryl/α,β-unsaturated/α-hetero) is 1. The fraction of sp³-hybridized carbons (Fsp3) is 0.318. The molecule has 0 radical (unpaired) electrons. The molecule has 3 rings (SSSR count). The number of nitrogens with one attached hydrogen (secondary N) is 1. The van der Waals surface area contributed by atoms with Crippen molar-refractivity contribution >= 4 is 5.78 Å². The van der Waals surface area contributed by atoms with Crippen LogP contribution in [0.1, 0.15) is 36.8 Å². The molecule has 0 heterocycles. The Morgan fingerprint density at radius 1 is 1.04 bits per heavy atom. The van der Waals surface area contributed by atoms with Crippen LogP contribution in [-0.2, 0) is 16.9 Å². The molecule has 0 bridgehead atoms. The van der Waals surface area contributed by atoms with Crippen LogP contribution in [0.25, 0.3) is 0 Å². The summed E-state index contributed by atoms with van der Waals surface area (Å²) >= 11 is 0. The standard InChI is InChI=1S/C20H23NO2.C2H4/c1-21-20(12-10-18(22)11-13-20)17-8-5-9-19(14-17)23-15-16-6-3-2-4-7-16;1-2/h2-9,14,21H,10-13,15H2,1H3;1-2H2. The van der Waals surface area contributed by atoms with Crippen molar-refractivity contribution in [1.82, 2.24) is 5.32 Å². The van der Waals surface area contributed by atoms with Crippen LogP contribution in [-0.4, -0.2) is 12.8 Å². The molecule has 3 nitrogen and oxygen atoms in total. The Balaban J connectivity index is 0.00000109.